The largest absolute Gasteiger partial charge is 0.480 e. The number of carboxylic acids is 1. The van der Waals surface area contributed by atoms with Crippen LogP contribution < -0.4 is 10.5 Å². The van der Waals surface area contributed by atoms with Crippen LogP contribution in [0.3, 0.4) is 0 Å². The molecule has 0 bridgehead atoms. The Labute approximate surface area is 80.3 Å². The zero-order valence-electron chi connectivity index (χ0n) is 7.51. The maximum absolute atomic E-state index is 10.5. The first-order valence-electron chi connectivity index (χ1n) is 4.34. The number of rotatable bonds is 3. The van der Waals surface area contributed by atoms with Gasteiger partial charge in [0.05, 0.1) is 12.7 Å². The van der Waals surface area contributed by atoms with Gasteiger partial charge in [-0.15, -0.1) is 0 Å². The van der Waals surface area contributed by atoms with Crippen molar-refractivity contribution in [1.82, 2.24) is 9.55 Å². The molecule has 14 heavy (non-hydrogen) atoms. The summed E-state index contributed by atoms with van der Waals surface area (Å²) in [5.74, 6) is 0.353. The fourth-order valence-corrected chi connectivity index (χ4v) is 1.44. The van der Waals surface area contributed by atoms with Crippen LogP contribution in [-0.2, 0) is 17.8 Å². The molecule has 6 heteroatoms. The summed E-state index contributed by atoms with van der Waals surface area (Å²) in [5, 5.41) is 8.64. The van der Waals surface area contributed by atoms with Crippen molar-refractivity contribution in [3.05, 3.63) is 12.0 Å². The van der Waals surface area contributed by atoms with Crippen LogP contribution in [0.2, 0.25) is 0 Å². The third kappa shape index (κ3) is 1.44. The Bertz CT molecular complexity index is 361. The number of fused-ring (bicyclic) bond motifs is 1. The van der Waals surface area contributed by atoms with Gasteiger partial charge in [0.25, 0.3) is 0 Å². The minimum Gasteiger partial charge on any atom is -0.480 e. The summed E-state index contributed by atoms with van der Waals surface area (Å²) < 4.78 is 7.08. The van der Waals surface area contributed by atoms with Gasteiger partial charge in [-0.2, -0.15) is 0 Å². The van der Waals surface area contributed by atoms with E-state index in [0.29, 0.717) is 18.3 Å². The first-order valence-corrected chi connectivity index (χ1v) is 4.34. The standard InChI is InChI=1S/C8H11N3O3/c9-5(8(12)13)3-6-10-4-7-11(6)1-2-14-7/h4-5H,1-3,9H2,(H,12,13). The molecule has 0 saturated carbocycles. The molecule has 0 radical (unpaired) electrons. The summed E-state index contributed by atoms with van der Waals surface area (Å²) in [4.78, 5) is 14.6. The van der Waals surface area contributed by atoms with Crippen LogP contribution in [0.4, 0.5) is 0 Å². The molecule has 2 rings (SSSR count). The highest BCUT2D eigenvalue weighted by Gasteiger charge is 2.20. The summed E-state index contributed by atoms with van der Waals surface area (Å²) in [7, 11) is 0. The van der Waals surface area contributed by atoms with Crippen LogP contribution in [0.15, 0.2) is 6.20 Å². The summed E-state index contributed by atoms with van der Waals surface area (Å²) in [6.07, 6.45) is 1.83. The van der Waals surface area contributed by atoms with Gasteiger partial charge in [0.2, 0.25) is 5.88 Å². The van der Waals surface area contributed by atoms with E-state index in [9.17, 15) is 4.79 Å². The van der Waals surface area contributed by atoms with E-state index in [0.717, 1.165) is 6.54 Å². The lowest BCUT2D eigenvalue weighted by molar-refractivity contribution is -0.138. The predicted molar refractivity (Wildman–Crippen MR) is 47.0 cm³/mol. The molecule has 0 amide bonds. The molecule has 0 spiro atoms. The number of ether oxygens (including phenoxy) is 1. The molecule has 1 unspecified atom stereocenters. The van der Waals surface area contributed by atoms with Crippen LogP contribution in [0.1, 0.15) is 5.82 Å². The van der Waals surface area contributed by atoms with Gasteiger partial charge in [-0.25, -0.2) is 4.98 Å². The molecule has 3 N–H and O–H groups in total. The lowest BCUT2D eigenvalue weighted by atomic mass is 10.2. The Balaban J connectivity index is 2.14. The molecule has 1 aromatic rings. The van der Waals surface area contributed by atoms with E-state index >= 15 is 0 Å². The van der Waals surface area contributed by atoms with E-state index in [-0.39, 0.29) is 6.42 Å². The van der Waals surface area contributed by atoms with Crippen molar-refractivity contribution in [2.24, 2.45) is 5.73 Å². The molecule has 6 nitrogen and oxygen atoms in total. The average molecular weight is 197 g/mol. The second-order valence-electron chi connectivity index (χ2n) is 3.16. The molecule has 1 aliphatic heterocycles. The number of carboxylic acid groups (broad SMARTS) is 1. The molecular weight excluding hydrogens is 186 g/mol. The molecule has 1 aromatic heterocycles. The highest BCUT2D eigenvalue weighted by molar-refractivity contribution is 5.73. The predicted octanol–water partition coefficient (Wildman–Crippen LogP) is -0.770. The zero-order chi connectivity index (χ0) is 10.1. The Hall–Kier alpha value is -1.56. The first-order chi connectivity index (χ1) is 6.68. The van der Waals surface area contributed by atoms with Gasteiger partial charge in [0, 0.05) is 6.42 Å². The smallest absolute Gasteiger partial charge is 0.320 e. The van der Waals surface area contributed by atoms with Crippen molar-refractivity contribution in [2.75, 3.05) is 6.61 Å². The molecule has 2 heterocycles. The summed E-state index contributed by atoms with van der Waals surface area (Å²) in [5.41, 5.74) is 5.41. The van der Waals surface area contributed by atoms with Crippen LogP contribution in [0, 0.1) is 0 Å². The molecular formula is C8H11N3O3. The van der Waals surface area contributed by atoms with Gasteiger partial charge >= 0.3 is 5.97 Å². The monoisotopic (exact) mass is 197 g/mol. The summed E-state index contributed by atoms with van der Waals surface area (Å²) in [6, 6.07) is -0.901. The second kappa shape index (κ2) is 3.30. The van der Waals surface area contributed by atoms with Crippen LogP contribution in [-0.4, -0.2) is 33.3 Å². The van der Waals surface area contributed by atoms with Gasteiger partial charge in [-0.3, -0.25) is 9.36 Å². The highest BCUT2D eigenvalue weighted by atomic mass is 16.5. The fraction of sp³-hybridized carbons (Fsp3) is 0.500. The van der Waals surface area contributed by atoms with Gasteiger partial charge < -0.3 is 15.6 Å². The number of nitrogens with zero attached hydrogens (tertiary/aromatic N) is 2. The van der Waals surface area contributed by atoms with Crippen LogP contribution in [0.25, 0.3) is 0 Å². The Morgan fingerprint density at radius 1 is 1.86 bits per heavy atom. The minimum absolute atomic E-state index is 0.235. The van der Waals surface area contributed by atoms with Crippen molar-refractivity contribution >= 4 is 5.97 Å². The Morgan fingerprint density at radius 3 is 3.36 bits per heavy atom. The number of nitrogens with two attached hydrogens (primary N) is 1. The number of hydrogen-bond donors (Lipinski definition) is 2. The molecule has 1 atom stereocenters. The van der Waals surface area contributed by atoms with Gasteiger partial charge in [-0.1, -0.05) is 0 Å². The number of imidazole rings is 1. The van der Waals surface area contributed by atoms with E-state index in [1.165, 1.54) is 0 Å². The van der Waals surface area contributed by atoms with Crippen molar-refractivity contribution in [3.8, 4) is 5.88 Å². The molecule has 0 saturated heterocycles. The molecule has 0 aliphatic carbocycles. The quantitative estimate of drug-likeness (QED) is 0.664. The van der Waals surface area contributed by atoms with Crippen molar-refractivity contribution in [1.29, 1.82) is 0 Å². The first kappa shape index (κ1) is 9.01. The van der Waals surface area contributed by atoms with Crippen LogP contribution in [0.5, 0.6) is 5.88 Å². The Morgan fingerprint density at radius 2 is 2.64 bits per heavy atom. The summed E-state index contributed by atoms with van der Waals surface area (Å²) >= 11 is 0. The SMILES string of the molecule is NC(Cc1ncc2n1CCO2)C(=O)O. The van der Waals surface area contributed by atoms with Gasteiger partial charge in [-0.05, 0) is 0 Å². The molecule has 1 aliphatic rings. The number of carbonyl (C=O) groups is 1. The van der Waals surface area contributed by atoms with E-state index in [1.54, 1.807) is 6.20 Å². The molecule has 0 fully saturated rings. The highest BCUT2D eigenvalue weighted by Crippen LogP contribution is 2.19. The maximum atomic E-state index is 10.5. The Kier molecular flexibility index (Phi) is 2.12. The number of aromatic nitrogens is 2. The van der Waals surface area contributed by atoms with Crippen molar-refractivity contribution < 1.29 is 14.6 Å². The van der Waals surface area contributed by atoms with Gasteiger partial charge in [0.15, 0.2) is 0 Å². The maximum Gasteiger partial charge on any atom is 0.320 e. The fourth-order valence-electron chi connectivity index (χ4n) is 1.44. The average Bonchev–Trinajstić information content (AvgIpc) is 2.69. The topological polar surface area (TPSA) is 90.4 Å². The third-order valence-corrected chi connectivity index (χ3v) is 2.19. The van der Waals surface area contributed by atoms with E-state index in [4.69, 9.17) is 15.6 Å². The zero-order valence-corrected chi connectivity index (χ0v) is 7.51. The third-order valence-electron chi connectivity index (χ3n) is 2.19. The second-order valence-corrected chi connectivity index (χ2v) is 3.16. The van der Waals surface area contributed by atoms with Crippen LogP contribution >= 0.6 is 0 Å². The van der Waals surface area contributed by atoms with Crippen molar-refractivity contribution in [3.63, 3.8) is 0 Å². The van der Waals surface area contributed by atoms with E-state index in [2.05, 4.69) is 4.98 Å². The molecule has 0 aromatic carbocycles. The lowest BCUT2D eigenvalue weighted by Crippen LogP contribution is -2.33. The normalized spacial score (nSPS) is 16.1. The van der Waals surface area contributed by atoms with Gasteiger partial charge in [0.1, 0.15) is 18.5 Å². The lowest BCUT2D eigenvalue weighted by Gasteiger charge is -2.05. The van der Waals surface area contributed by atoms with E-state index in [1.807, 2.05) is 4.57 Å². The number of aliphatic carboxylic acids is 1. The van der Waals surface area contributed by atoms with Crippen molar-refractivity contribution in [2.45, 2.75) is 19.0 Å². The molecule has 76 valence electrons. The van der Waals surface area contributed by atoms with E-state index < -0.39 is 12.0 Å². The minimum atomic E-state index is -1.01. The summed E-state index contributed by atoms with van der Waals surface area (Å²) in [6.45, 7) is 1.34. The number of hydrogen-bond acceptors (Lipinski definition) is 4.